The summed E-state index contributed by atoms with van der Waals surface area (Å²) < 4.78 is 50.0. The predicted molar refractivity (Wildman–Crippen MR) is 118 cm³/mol. The fourth-order valence-electron chi connectivity index (χ4n) is 2.96. The Bertz CT molecular complexity index is 1180. The summed E-state index contributed by atoms with van der Waals surface area (Å²) in [5.74, 6) is 0.110. The molecule has 3 rings (SSSR count). The molecule has 6 nitrogen and oxygen atoms in total. The third kappa shape index (κ3) is 6.12. The van der Waals surface area contributed by atoms with Crippen LogP contribution in [0.4, 0.5) is 13.2 Å². The van der Waals surface area contributed by atoms with Crippen LogP contribution in [0.2, 0.25) is 0 Å². The minimum absolute atomic E-state index is 0.146. The highest BCUT2D eigenvalue weighted by Crippen LogP contribution is 2.32. The number of benzene rings is 2. The van der Waals surface area contributed by atoms with Crippen molar-refractivity contribution in [2.75, 3.05) is 13.2 Å². The van der Waals surface area contributed by atoms with Crippen LogP contribution in [0.5, 0.6) is 5.75 Å². The van der Waals surface area contributed by atoms with E-state index in [0.717, 1.165) is 17.7 Å². The molecule has 0 bridgehead atoms. The molecule has 1 heterocycles. The minimum Gasteiger partial charge on any atom is -0.493 e. The van der Waals surface area contributed by atoms with Crippen molar-refractivity contribution in [3.63, 3.8) is 0 Å². The Morgan fingerprint density at radius 1 is 1.00 bits per heavy atom. The zero-order chi connectivity index (χ0) is 24.4. The molecule has 0 fully saturated rings. The number of ether oxygens (including phenoxy) is 2. The number of nitrogens with zero attached hydrogens (tertiary/aromatic N) is 3. The van der Waals surface area contributed by atoms with Crippen LogP contribution in [-0.4, -0.2) is 34.2 Å². The first-order valence-electron chi connectivity index (χ1n) is 10.4. The van der Waals surface area contributed by atoms with Crippen LogP contribution in [0, 0.1) is 0 Å². The van der Waals surface area contributed by atoms with Gasteiger partial charge in [0.2, 0.25) is 0 Å². The number of esters is 1. The second kappa shape index (κ2) is 9.25. The van der Waals surface area contributed by atoms with Crippen LogP contribution in [0.25, 0.3) is 16.7 Å². The molecule has 0 saturated heterocycles. The van der Waals surface area contributed by atoms with E-state index in [9.17, 15) is 18.0 Å². The Labute approximate surface area is 190 Å². The third-order valence-electron chi connectivity index (χ3n) is 4.83. The van der Waals surface area contributed by atoms with Crippen LogP contribution in [-0.2, 0) is 21.1 Å². The topological polar surface area (TPSA) is 66.2 Å². The molecule has 0 N–H and O–H groups in total. The molecule has 0 unspecified atom stereocenters. The number of rotatable bonds is 7. The zero-order valence-electron chi connectivity index (χ0n) is 19.0. The van der Waals surface area contributed by atoms with Crippen LogP contribution in [0.3, 0.4) is 0 Å². The predicted octanol–water partition coefficient (Wildman–Crippen LogP) is 5.63. The zero-order valence-corrected chi connectivity index (χ0v) is 19.0. The van der Waals surface area contributed by atoms with E-state index in [2.05, 4.69) is 16.8 Å². The van der Waals surface area contributed by atoms with Gasteiger partial charge >= 0.3 is 12.1 Å². The molecule has 0 aliphatic heterocycles. The van der Waals surface area contributed by atoms with Gasteiger partial charge in [0.05, 0.1) is 24.5 Å². The lowest BCUT2D eigenvalue weighted by molar-refractivity contribution is -0.139. The molecule has 9 heteroatoms. The summed E-state index contributed by atoms with van der Waals surface area (Å²) in [6.07, 6.45) is -3.97. The number of alkyl halides is 3. The number of halogens is 3. The molecule has 0 amide bonds. The number of carbonyl (C=O) groups excluding carboxylic acids is 1. The maximum absolute atomic E-state index is 13.0. The first-order chi connectivity index (χ1) is 15.3. The molecule has 33 heavy (non-hydrogen) atoms. The lowest BCUT2D eigenvalue weighted by atomic mass is 9.86. The normalized spacial score (nSPS) is 12.1. The van der Waals surface area contributed by atoms with Crippen molar-refractivity contribution in [3.05, 3.63) is 59.7 Å². The van der Waals surface area contributed by atoms with Crippen molar-refractivity contribution in [3.8, 4) is 11.4 Å². The fraction of sp³-hybridized carbons (Fsp3) is 0.375. The summed E-state index contributed by atoms with van der Waals surface area (Å²) in [6.45, 7) is 11.7. The van der Waals surface area contributed by atoms with Gasteiger partial charge < -0.3 is 9.47 Å². The number of hydrogen-bond donors (Lipinski definition) is 0. The summed E-state index contributed by atoms with van der Waals surface area (Å²) in [7, 11) is 0. The molecule has 3 aromatic rings. The largest absolute Gasteiger partial charge is 0.493 e. The second-order valence-corrected chi connectivity index (χ2v) is 8.77. The Balaban J connectivity index is 1.84. The van der Waals surface area contributed by atoms with Gasteiger partial charge in [-0.3, -0.25) is 0 Å². The van der Waals surface area contributed by atoms with Crippen LogP contribution in [0.15, 0.2) is 48.6 Å². The molecule has 1 aromatic heterocycles. The first kappa shape index (κ1) is 24.3. The van der Waals surface area contributed by atoms with E-state index < -0.39 is 17.7 Å². The minimum atomic E-state index is -4.45. The summed E-state index contributed by atoms with van der Waals surface area (Å²) in [4.78, 5) is 12.7. The van der Waals surface area contributed by atoms with E-state index in [4.69, 9.17) is 9.47 Å². The molecule has 0 aliphatic rings. The molecule has 2 aromatic carbocycles. The van der Waals surface area contributed by atoms with E-state index in [0.29, 0.717) is 35.6 Å². The highest BCUT2D eigenvalue weighted by atomic mass is 19.4. The van der Waals surface area contributed by atoms with Crippen molar-refractivity contribution >= 4 is 17.0 Å². The maximum atomic E-state index is 13.0. The highest BCUT2D eigenvalue weighted by molar-refractivity contribution is 5.86. The van der Waals surface area contributed by atoms with Gasteiger partial charge in [0.25, 0.3) is 0 Å². The third-order valence-corrected chi connectivity index (χ3v) is 4.83. The van der Waals surface area contributed by atoms with Crippen molar-refractivity contribution in [1.29, 1.82) is 0 Å². The maximum Gasteiger partial charge on any atom is 0.416 e. The quantitative estimate of drug-likeness (QED) is 0.259. The smallest absolute Gasteiger partial charge is 0.416 e. The Morgan fingerprint density at radius 3 is 2.33 bits per heavy atom. The summed E-state index contributed by atoms with van der Waals surface area (Å²) in [6, 6.07) is 8.77. The van der Waals surface area contributed by atoms with Gasteiger partial charge in [-0.15, -0.1) is 10.2 Å². The molecule has 0 aliphatic carbocycles. The van der Waals surface area contributed by atoms with Crippen molar-refractivity contribution in [2.24, 2.45) is 0 Å². The van der Waals surface area contributed by atoms with Gasteiger partial charge in [0.1, 0.15) is 16.8 Å². The number of hydrogen-bond acceptors (Lipinski definition) is 5. The van der Waals surface area contributed by atoms with Crippen LogP contribution in [0.1, 0.15) is 45.2 Å². The summed E-state index contributed by atoms with van der Waals surface area (Å²) >= 11 is 0. The van der Waals surface area contributed by atoms with Gasteiger partial charge in [-0.05, 0) is 48.2 Å². The summed E-state index contributed by atoms with van der Waals surface area (Å²) in [5, 5.41) is 8.58. The summed E-state index contributed by atoms with van der Waals surface area (Å²) in [5.41, 5.74) is 1.35. The molecular formula is C24H26F3N3O3. The van der Waals surface area contributed by atoms with Gasteiger partial charge in [-0.2, -0.15) is 18.0 Å². The Morgan fingerprint density at radius 2 is 1.70 bits per heavy atom. The Hall–Kier alpha value is -3.36. The molecule has 0 saturated carbocycles. The number of carbonyl (C=O) groups is 1. The van der Waals surface area contributed by atoms with E-state index >= 15 is 0 Å². The van der Waals surface area contributed by atoms with Crippen LogP contribution >= 0.6 is 0 Å². The standard InChI is InChI=1S/C24H26F3N3O3/c1-15(2)22(31)33-10-6-9-32-19-12-17(23(3,4)5)11-18(14-19)30-28-20-8-7-16(24(25,26)27)13-21(20)29-30/h7-8,11-14H,1,6,9-10H2,2-5H3. The lowest BCUT2D eigenvalue weighted by Gasteiger charge is -2.21. The van der Waals surface area contributed by atoms with Gasteiger partial charge in [-0.25, -0.2) is 4.79 Å². The molecule has 0 atom stereocenters. The monoisotopic (exact) mass is 461 g/mol. The SMILES string of the molecule is C=C(C)C(=O)OCCCOc1cc(-n2nc3ccc(C(F)(F)F)cc3n2)cc(C(C)(C)C)c1. The van der Waals surface area contributed by atoms with E-state index in [1.165, 1.54) is 10.9 Å². The van der Waals surface area contributed by atoms with E-state index in [1.54, 1.807) is 13.0 Å². The average Bonchev–Trinajstić information content (AvgIpc) is 3.15. The highest BCUT2D eigenvalue weighted by Gasteiger charge is 2.31. The molecular weight excluding hydrogens is 435 g/mol. The lowest BCUT2D eigenvalue weighted by Crippen LogP contribution is -2.13. The number of fused-ring (bicyclic) bond motifs is 1. The number of aromatic nitrogens is 3. The molecule has 0 spiro atoms. The van der Waals surface area contributed by atoms with E-state index in [-0.39, 0.29) is 17.5 Å². The van der Waals surface area contributed by atoms with Crippen molar-refractivity contribution in [1.82, 2.24) is 15.0 Å². The molecule has 0 radical (unpaired) electrons. The Kier molecular flexibility index (Phi) is 6.81. The fourth-order valence-corrected chi connectivity index (χ4v) is 2.96. The van der Waals surface area contributed by atoms with Gasteiger partial charge in [-0.1, -0.05) is 27.4 Å². The van der Waals surface area contributed by atoms with Crippen molar-refractivity contribution in [2.45, 2.75) is 45.7 Å². The van der Waals surface area contributed by atoms with Crippen molar-refractivity contribution < 1.29 is 27.4 Å². The second-order valence-electron chi connectivity index (χ2n) is 8.77. The van der Waals surface area contributed by atoms with Gasteiger partial charge in [0, 0.05) is 18.1 Å². The molecule has 176 valence electrons. The van der Waals surface area contributed by atoms with E-state index in [1.807, 2.05) is 32.9 Å². The average molecular weight is 461 g/mol. The van der Waals surface area contributed by atoms with Crippen LogP contribution < -0.4 is 4.74 Å². The van der Waals surface area contributed by atoms with Gasteiger partial charge in [0.15, 0.2) is 0 Å². The first-order valence-corrected chi connectivity index (χ1v) is 10.4.